The first-order chi connectivity index (χ1) is 20.2. The number of fused-ring (bicyclic) bond motifs is 6. The fourth-order valence-electron chi connectivity index (χ4n) is 7.35. The Balaban J connectivity index is 1.51. The molecule has 2 bridgehead atoms. The van der Waals surface area contributed by atoms with Gasteiger partial charge in [0.25, 0.3) is 0 Å². The fraction of sp³-hybridized carbons (Fsp3) is 0.548. The molecule has 2 aliphatic carbocycles. The van der Waals surface area contributed by atoms with Crippen molar-refractivity contribution in [2.45, 2.75) is 64.1 Å². The van der Waals surface area contributed by atoms with Crippen LogP contribution in [-0.4, -0.2) is 65.7 Å². The largest absolute Gasteiger partial charge is 0.496 e. The number of carbonyl (C=O) groups is 3. The van der Waals surface area contributed by atoms with Gasteiger partial charge in [-0.25, -0.2) is 4.39 Å². The molecular formula is C31H34F4N4O4. The monoisotopic (exact) mass is 602 g/mol. The second kappa shape index (κ2) is 11.0. The molecule has 1 aromatic carbocycles. The van der Waals surface area contributed by atoms with Crippen LogP contribution < -0.4 is 15.4 Å². The number of terminal acetylenes is 1. The van der Waals surface area contributed by atoms with E-state index in [4.69, 9.17) is 11.2 Å². The number of hydrogen-bond donors (Lipinski definition) is 2. The lowest BCUT2D eigenvalue weighted by atomic mass is 9.77. The molecule has 8 nitrogen and oxygen atoms in total. The highest BCUT2D eigenvalue weighted by Crippen LogP contribution is 2.58. The molecule has 8 atom stereocenters. The first-order valence-electron chi connectivity index (χ1n) is 14.2. The van der Waals surface area contributed by atoms with Gasteiger partial charge in [-0.3, -0.25) is 19.4 Å². The van der Waals surface area contributed by atoms with Gasteiger partial charge in [-0.2, -0.15) is 13.2 Å². The molecule has 43 heavy (non-hydrogen) atoms. The van der Waals surface area contributed by atoms with Crippen LogP contribution in [0.25, 0.3) is 10.8 Å². The van der Waals surface area contributed by atoms with Crippen molar-refractivity contribution in [3.05, 3.63) is 36.2 Å². The maximum atomic E-state index is 15.1. The van der Waals surface area contributed by atoms with Gasteiger partial charge in [0.2, 0.25) is 11.8 Å². The number of nitrogens with zero attached hydrogens (tertiary/aromatic N) is 2. The Labute approximate surface area is 246 Å². The van der Waals surface area contributed by atoms with E-state index in [0.717, 1.165) is 0 Å². The van der Waals surface area contributed by atoms with E-state index in [9.17, 15) is 27.6 Å². The molecule has 5 rings (SSSR count). The zero-order valence-corrected chi connectivity index (χ0v) is 24.2. The van der Waals surface area contributed by atoms with E-state index in [-0.39, 0.29) is 18.4 Å². The molecule has 0 radical (unpaired) electrons. The number of methoxy groups -OCH3 is 1. The number of aromatic nitrogens is 1. The topological polar surface area (TPSA) is 101 Å². The summed E-state index contributed by atoms with van der Waals surface area (Å²) in [6, 6.07) is 1.53. The second-order valence-electron chi connectivity index (χ2n) is 12.8. The van der Waals surface area contributed by atoms with Gasteiger partial charge in [0.1, 0.15) is 30.0 Å². The molecule has 2 heterocycles. The van der Waals surface area contributed by atoms with E-state index in [1.54, 1.807) is 18.3 Å². The van der Waals surface area contributed by atoms with Gasteiger partial charge in [0.05, 0.1) is 7.11 Å². The summed E-state index contributed by atoms with van der Waals surface area (Å²) in [7, 11) is 1.50. The molecule has 3 amide bonds. The summed E-state index contributed by atoms with van der Waals surface area (Å²) < 4.78 is 60.2. The van der Waals surface area contributed by atoms with Crippen molar-refractivity contribution < 1.29 is 36.7 Å². The Morgan fingerprint density at radius 1 is 1.12 bits per heavy atom. The summed E-state index contributed by atoms with van der Waals surface area (Å²) in [6.45, 7) is 4.63. The molecule has 0 spiro atoms. The maximum absolute atomic E-state index is 15.1. The average Bonchev–Trinajstić information content (AvgIpc) is 3.62. The van der Waals surface area contributed by atoms with Crippen LogP contribution in [0.15, 0.2) is 30.6 Å². The van der Waals surface area contributed by atoms with Crippen molar-refractivity contribution in [3.8, 4) is 18.1 Å². The lowest BCUT2D eigenvalue weighted by Gasteiger charge is -2.37. The number of halogens is 4. The summed E-state index contributed by atoms with van der Waals surface area (Å²) in [5, 5.41) is 6.01. The van der Waals surface area contributed by atoms with Crippen molar-refractivity contribution in [2.24, 2.45) is 29.1 Å². The third-order valence-corrected chi connectivity index (χ3v) is 9.23. The number of nitrogens with one attached hydrogen (secondary N) is 2. The first kappa shape index (κ1) is 30.6. The number of hydrogen-bond acceptors (Lipinski definition) is 5. The first-order valence-corrected chi connectivity index (χ1v) is 14.2. The quantitative estimate of drug-likeness (QED) is 0.386. The molecule has 2 aromatic rings. The van der Waals surface area contributed by atoms with Gasteiger partial charge in [0.15, 0.2) is 0 Å². The van der Waals surface area contributed by atoms with Crippen molar-refractivity contribution in [1.29, 1.82) is 0 Å². The van der Waals surface area contributed by atoms with Gasteiger partial charge in [-0.15, -0.1) is 6.42 Å². The third kappa shape index (κ3) is 5.38. The number of ether oxygens (including phenoxy) is 1. The molecule has 2 saturated carbocycles. The van der Waals surface area contributed by atoms with E-state index < -0.39 is 65.4 Å². The Hall–Kier alpha value is -3.88. The van der Waals surface area contributed by atoms with E-state index in [2.05, 4.69) is 16.2 Å². The number of likely N-dealkylation sites (tertiary alicyclic amines) is 1. The molecular weight excluding hydrogens is 568 g/mol. The zero-order chi connectivity index (χ0) is 31.4. The lowest BCUT2D eigenvalue weighted by Crippen LogP contribution is -2.60. The van der Waals surface area contributed by atoms with Gasteiger partial charge in [-0.1, -0.05) is 38.8 Å². The molecule has 230 valence electrons. The maximum Gasteiger partial charge on any atom is 0.471 e. The molecule has 12 heteroatoms. The number of alkyl halides is 4. The van der Waals surface area contributed by atoms with Crippen LogP contribution in [0.5, 0.6) is 5.75 Å². The SMILES string of the molecule is C#C[C@H](NC(=O)[C@@H]1[C@@H]2[C@H](CN1C(=O)[C@@H](NC(=O)C(F)(F)F)C(C)(C)C)[C@H]1C[C@@H]2[C@H](F)C1)c1cncc2cccc(OC)c12. The minimum absolute atomic E-state index is 0.0638. The predicted molar refractivity (Wildman–Crippen MR) is 149 cm³/mol. The Morgan fingerprint density at radius 3 is 2.47 bits per heavy atom. The molecule has 2 N–H and O–H groups in total. The smallest absolute Gasteiger partial charge is 0.471 e. The number of amides is 3. The number of rotatable bonds is 6. The lowest BCUT2D eigenvalue weighted by molar-refractivity contribution is -0.176. The highest BCUT2D eigenvalue weighted by molar-refractivity contribution is 5.95. The van der Waals surface area contributed by atoms with Gasteiger partial charge < -0.3 is 20.3 Å². The van der Waals surface area contributed by atoms with Gasteiger partial charge in [-0.05, 0) is 48.0 Å². The van der Waals surface area contributed by atoms with Crippen LogP contribution >= 0.6 is 0 Å². The van der Waals surface area contributed by atoms with Crippen molar-refractivity contribution >= 4 is 28.5 Å². The van der Waals surface area contributed by atoms with Crippen LogP contribution in [0.1, 0.15) is 45.2 Å². The zero-order valence-electron chi connectivity index (χ0n) is 24.2. The predicted octanol–water partition coefficient (Wildman–Crippen LogP) is 3.95. The summed E-state index contributed by atoms with van der Waals surface area (Å²) in [5.41, 5.74) is -0.662. The Kier molecular flexibility index (Phi) is 7.82. The summed E-state index contributed by atoms with van der Waals surface area (Å²) in [4.78, 5) is 45.5. The number of carbonyl (C=O) groups excluding carboxylic acids is 3. The van der Waals surface area contributed by atoms with E-state index in [1.165, 1.54) is 39.0 Å². The van der Waals surface area contributed by atoms with Gasteiger partial charge in [0, 0.05) is 35.3 Å². The molecule has 3 aliphatic rings. The standard InChI is InChI=1S/C31H34F4N4O4/c1-6-21(18-13-36-12-15-8-7-9-22(43-5)23(15)18)37-27(40)25-24-17-10-16(11-20(17)32)19(24)14-39(25)28(41)26(30(2,3)4)38-29(42)31(33,34)35/h1,7-9,12-13,16-17,19-21,24-26H,10-11,14H2,2-5H3,(H,37,40)(H,38,42)/t16-,17+,19+,20+,21-,24-,25-,26+/m0/s1. The van der Waals surface area contributed by atoms with Crippen molar-refractivity contribution in [1.82, 2.24) is 20.5 Å². The van der Waals surface area contributed by atoms with E-state index in [1.807, 2.05) is 11.4 Å². The highest BCUT2D eigenvalue weighted by atomic mass is 19.4. The number of benzene rings is 1. The fourth-order valence-corrected chi connectivity index (χ4v) is 7.35. The highest BCUT2D eigenvalue weighted by Gasteiger charge is 2.63. The van der Waals surface area contributed by atoms with Crippen LogP contribution in [0.2, 0.25) is 0 Å². The second-order valence-corrected chi connectivity index (χ2v) is 12.8. The van der Waals surface area contributed by atoms with Crippen LogP contribution in [0, 0.1) is 41.4 Å². The van der Waals surface area contributed by atoms with Crippen LogP contribution in [0.4, 0.5) is 17.6 Å². The van der Waals surface area contributed by atoms with Crippen molar-refractivity contribution in [2.75, 3.05) is 13.7 Å². The minimum Gasteiger partial charge on any atom is -0.496 e. The summed E-state index contributed by atoms with van der Waals surface area (Å²) >= 11 is 0. The molecule has 0 unspecified atom stereocenters. The third-order valence-electron chi connectivity index (χ3n) is 9.23. The average molecular weight is 603 g/mol. The molecule has 1 aliphatic heterocycles. The molecule has 3 fully saturated rings. The Bertz CT molecular complexity index is 1480. The van der Waals surface area contributed by atoms with E-state index in [0.29, 0.717) is 34.9 Å². The summed E-state index contributed by atoms with van der Waals surface area (Å²) in [5.74, 6) is -1.97. The Morgan fingerprint density at radius 2 is 1.84 bits per heavy atom. The van der Waals surface area contributed by atoms with Crippen LogP contribution in [-0.2, 0) is 14.4 Å². The molecule has 1 aromatic heterocycles. The summed E-state index contributed by atoms with van der Waals surface area (Å²) in [6.07, 6.45) is 3.53. The minimum atomic E-state index is -5.21. The normalized spacial score (nSPS) is 27.7. The van der Waals surface area contributed by atoms with Crippen LogP contribution in [0.3, 0.4) is 0 Å². The number of pyridine rings is 1. The molecule has 1 saturated heterocycles. The van der Waals surface area contributed by atoms with Crippen molar-refractivity contribution in [3.63, 3.8) is 0 Å². The van der Waals surface area contributed by atoms with E-state index >= 15 is 4.39 Å². The van der Waals surface area contributed by atoms with Gasteiger partial charge >= 0.3 is 12.1 Å².